The van der Waals surface area contributed by atoms with E-state index in [1.165, 1.54) is 0 Å². The molecule has 2 heterocycles. The van der Waals surface area contributed by atoms with Crippen molar-refractivity contribution in [1.82, 2.24) is 4.98 Å². The fraction of sp³-hybridized carbons (Fsp3) is 0.286. The second kappa shape index (κ2) is 5.22. The molecule has 5 nitrogen and oxygen atoms in total. The first kappa shape index (κ1) is 13.1. The average Bonchev–Trinajstić information content (AvgIpc) is 3.07. The van der Waals surface area contributed by atoms with E-state index in [4.69, 9.17) is 10.8 Å². The molecule has 0 bridgehead atoms. The third-order valence-electron chi connectivity index (χ3n) is 3.41. The molecule has 1 aromatic carbocycles. The minimum Gasteiger partial charge on any atom is -0.478 e. The van der Waals surface area contributed by atoms with Crippen molar-refractivity contribution in [1.29, 1.82) is 0 Å². The van der Waals surface area contributed by atoms with E-state index >= 15 is 0 Å². The van der Waals surface area contributed by atoms with E-state index in [2.05, 4.69) is 9.88 Å². The second-order valence-electron chi connectivity index (χ2n) is 4.89. The average molecular weight is 289 g/mol. The molecule has 20 heavy (non-hydrogen) atoms. The Kier molecular flexibility index (Phi) is 3.42. The van der Waals surface area contributed by atoms with Gasteiger partial charge in [0.05, 0.1) is 11.3 Å². The summed E-state index contributed by atoms with van der Waals surface area (Å²) in [5.74, 6) is -0.915. The Morgan fingerprint density at radius 2 is 2.15 bits per heavy atom. The van der Waals surface area contributed by atoms with Crippen LogP contribution in [0.3, 0.4) is 0 Å². The number of hydrogen-bond donors (Lipinski definition) is 2. The number of thiazole rings is 1. The highest BCUT2D eigenvalue weighted by Gasteiger charge is 2.21. The van der Waals surface area contributed by atoms with Gasteiger partial charge in [-0.2, -0.15) is 0 Å². The zero-order chi connectivity index (χ0) is 14.1. The monoisotopic (exact) mass is 289 g/mol. The van der Waals surface area contributed by atoms with Crippen molar-refractivity contribution in [3.05, 3.63) is 35.2 Å². The summed E-state index contributed by atoms with van der Waals surface area (Å²) in [6.07, 6.45) is 1.00. The zero-order valence-electron chi connectivity index (χ0n) is 10.8. The third kappa shape index (κ3) is 2.52. The molecule has 1 atom stereocenters. The summed E-state index contributed by atoms with van der Waals surface area (Å²) < 4.78 is 0. The molecule has 2 aromatic rings. The van der Waals surface area contributed by atoms with Gasteiger partial charge in [-0.05, 0) is 18.6 Å². The van der Waals surface area contributed by atoms with Crippen molar-refractivity contribution in [2.24, 2.45) is 5.73 Å². The van der Waals surface area contributed by atoms with Crippen molar-refractivity contribution in [2.75, 3.05) is 18.0 Å². The van der Waals surface area contributed by atoms with Gasteiger partial charge >= 0.3 is 5.97 Å². The highest BCUT2D eigenvalue weighted by Crippen LogP contribution is 2.29. The Morgan fingerprint density at radius 3 is 2.75 bits per heavy atom. The second-order valence-corrected chi connectivity index (χ2v) is 5.73. The van der Waals surface area contributed by atoms with Gasteiger partial charge in [0.25, 0.3) is 0 Å². The minimum atomic E-state index is -0.915. The van der Waals surface area contributed by atoms with Gasteiger partial charge in [-0.1, -0.05) is 12.1 Å². The van der Waals surface area contributed by atoms with Crippen molar-refractivity contribution in [2.45, 2.75) is 12.5 Å². The number of aromatic carboxylic acids is 1. The van der Waals surface area contributed by atoms with Crippen molar-refractivity contribution >= 4 is 22.4 Å². The molecule has 6 heteroatoms. The largest absolute Gasteiger partial charge is 0.478 e. The smallest absolute Gasteiger partial charge is 0.335 e. The van der Waals surface area contributed by atoms with Crippen molar-refractivity contribution < 1.29 is 9.90 Å². The summed E-state index contributed by atoms with van der Waals surface area (Å²) in [7, 11) is 0. The highest BCUT2D eigenvalue weighted by atomic mass is 32.1. The number of benzene rings is 1. The fourth-order valence-corrected chi connectivity index (χ4v) is 3.16. The maximum atomic E-state index is 10.8. The number of nitrogens with zero attached hydrogens (tertiary/aromatic N) is 2. The number of hydrogen-bond acceptors (Lipinski definition) is 5. The molecule has 3 rings (SSSR count). The lowest BCUT2D eigenvalue weighted by Crippen LogP contribution is -2.26. The Morgan fingerprint density at radius 1 is 1.40 bits per heavy atom. The third-order valence-corrected chi connectivity index (χ3v) is 4.32. The predicted molar refractivity (Wildman–Crippen MR) is 79.3 cm³/mol. The number of carboxylic acids is 1. The molecule has 104 valence electrons. The molecule has 1 unspecified atom stereocenters. The molecule has 0 saturated carbocycles. The van der Waals surface area contributed by atoms with E-state index in [-0.39, 0.29) is 11.6 Å². The van der Waals surface area contributed by atoms with Gasteiger partial charge in [0.15, 0.2) is 5.13 Å². The first-order chi connectivity index (χ1) is 9.63. The van der Waals surface area contributed by atoms with Crippen LogP contribution in [0.5, 0.6) is 0 Å². The number of nitrogens with two attached hydrogens (primary N) is 1. The van der Waals surface area contributed by atoms with Crippen LogP contribution >= 0.6 is 11.3 Å². The number of rotatable bonds is 3. The Hall–Kier alpha value is -1.92. The summed E-state index contributed by atoms with van der Waals surface area (Å²) >= 11 is 1.60. The summed E-state index contributed by atoms with van der Waals surface area (Å²) in [5.41, 5.74) is 8.00. The lowest BCUT2D eigenvalue weighted by molar-refractivity contribution is 0.0697. The summed E-state index contributed by atoms with van der Waals surface area (Å²) in [6.45, 7) is 1.80. The van der Waals surface area contributed by atoms with Crippen molar-refractivity contribution in [3.8, 4) is 11.3 Å². The lowest BCUT2D eigenvalue weighted by atomic mass is 10.1. The van der Waals surface area contributed by atoms with Crippen LogP contribution in [0.15, 0.2) is 29.6 Å². The number of carbonyl (C=O) groups is 1. The van der Waals surface area contributed by atoms with Crippen LogP contribution in [0.1, 0.15) is 16.8 Å². The standard InChI is InChI=1S/C14H15N3O2S/c15-11-5-6-17(7-11)14-16-12(8-20-14)9-1-3-10(4-2-9)13(18)19/h1-4,8,11H,5-7,15H2,(H,18,19). The van der Waals surface area contributed by atoms with E-state index in [9.17, 15) is 4.79 Å². The van der Waals surface area contributed by atoms with E-state index in [0.717, 1.165) is 35.9 Å². The maximum absolute atomic E-state index is 10.8. The molecular weight excluding hydrogens is 274 g/mol. The van der Waals surface area contributed by atoms with Gasteiger partial charge in [-0.25, -0.2) is 9.78 Å². The van der Waals surface area contributed by atoms with E-state index in [1.807, 2.05) is 5.38 Å². The molecule has 0 aliphatic carbocycles. The number of anilines is 1. The van der Waals surface area contributed by atoms with E-state index in [1.54, 1.807) is 35.6 Å². The highest BCUT2D eigenvalue weighted by molar-refractivity contribution is 7.14. The van der Waals surface area contributed by atoms with Crippen LogP contribution in [0.2, 0.25) is 0 Å². The predicted octanol–water partition coefficient (Wildman–Crippen LogP) is 2.05. The molecule has 1 saturated heterocycles. The van der Waals surface area contributed by atoms with Gasteiger partial charge in [0, 0.05) is 30.1 Å². The lowest BCUT2D eigenvalue weighted by Gasteiger charge is -2.13. The Balaban J connectivity index is 1.81. The molecule has 0 spiro atoms. The first-order valence-corrected chi connectivity index (χ1v) is 7.31. The fourth-order valence-electron chi connectivity index (χ4n) is 2.29. The number of aromatic nitrogens is 1. The summed E-state index contributed by atoms with van der Waals surface area (Å²) in [6, 6.07) is 7.01. The van der Waals surface area contributed by atoms with Gasteiger partial charge in [-0.3, -0.25) is 0 Å². The maximum Gasteiger partial charge on any atom is 0.335 e. The van der Waals surface area contributed by atoms with Gasteiger partial charge in [0.1, 0.15) is 0 Å². The first-order valence-electron chi connectivity index (χ1n) is 6.43. The molecule has 1 aromatic heterocycles. The van der Waals surface area contributed by atoms with Crippen LogP contribution in [0.4, 0.5) is 5.13 Å². The number of carboxylic acid groups (broad SMARTS) is 1. The van der Waals surface area contributed by atoms with Crippen LogP contribution in [0, 0.1) is 0 Å². The van der Waals surface area contributed by atoms with Crippen molar-refractivity contribution in [3.63, 3.8) is 0 Å². The Labute approximate surface area is 120 Å². The van der Waals surface area contributed by atoms with Crippen LogP contribution in [-0.4, -0.2) is 35.2 Å². The normalized spacial score (nSPS) is 18.4. The van der Waals surface area contributed by atoms with E-state index in [0.29, 0.717) is 0 Å². The van der Waals surface area contributed by atoms with Gasteiger partial charge < -0.3 is 15.7 Å². The Bertz CT molecular complexity index is 624. The summed E-state index contributed by atoms with van der Waals surface area (Å²) in [4.78, 5) is 17.6. The molecule has 3 N–H and O–H groups in total. The van der Waals surface area contributed by atoms with E-state index < -0.39 is 5.97 Å². The SMILES string of the molecule is NC1CCN(c2nc(-c3ccc(C(=O)O)cc3)cs2)C1. The molecule has 0 radical (unpaired) electrons. The van der Waals surface area contributed by atoms with Crippen LogP contribution in [0.25, 0.3) is 11.3 Å². The summed E-state index contributed by atoms with van der Waals surface area (Å²) in [5, 5.41) is 11.9. The zero-order valence-corrected chi connectivity index (χ0v) is 11.6. The van der Waals surface area contributed by atoms with Gasteiger partial charge in [0.2, 0.25) is 0 Å². The quantitative estimate of drug-likeness (QED) is 0.904. The van der Waals surface area contributed by atoms with Crippen LogP contribution < -0.4 is 10.6 Å². The van der Waals surface area contributed by atoms with Crippen LogP contribution in [-0.2, 0) is 0 Å². The molecule has 0 amide bonds. The minimum absolute atomic E-state index is 0.234. The molecule has 1 aliphatic rings. The topological polar surface area (TPSA) is 79.5 Å². The molecular formula is C14H15N3O2S. The molecule has 1 aliphatic heterocycles. The van der Waals surface area contributed by atoms with Gasteiger partial charge in [-0.15, -0.1) is 11.3 Å². The molecule has 1 fully saturated rings.